The first-order valence-electron chi connectivity index (χ1n) is 9.75. The van der Waals surface area contributed by atoms with Gasteiger partial charge in [-0.1, -0.05) is 70.7 Å². The number of carbonyl (C=O) groups is 1. The Kier molecular flexibility index (Phi) is 7.07. The average Bonchev–Trinajstić information content (AvgIpc) is 3.21. The van der Waals surface area contributed by atoms with Crippen molar-refractivity contribution in [2.45, 2.75) is 6.42 Å². The molecule has 1 heterocycles. The summed E-state index contributed by atoms with van der Waals surface area (Å²) in [7, 11) is 0. The largest absolute Gasteiger partial charge is 0.350 e. The summed E-state index contributed by atoms with van der Waals surface area (Å²) in [4.78, 5) is 13.1. The molecular weight excluding hydrogens is 488 g/mol. The monoisotopic (exact) mass is 503 g/mol. The Balaban J connectivity index is 1.61. The first kappa shape index (κ1) is 22.7. The van der Waals surface area contributed by atoms with Gasteiger partial charge in [-0.05, 0) is 60.5 Å². The minimum Gasteiger partial charge on any atom is -0.350 e. The summed E-state index contributed by atoms with van der Waals surface area (Å²) in [5.74, 6) is -0.268. The van der Waals surface area contributed by atoms with Crippen molar-refractivity contribution in [2.24, 2.45) is 0 Å². The van der Waals surface area contributed by atoms with Gasteiger partial charge in [0.05, 0.1) is 16.4 Å². The lowest BCUT2D eigenvalue weighted by Crippen LogP contribution is -2.27. The van der Waals surface area contributed by atoms with Crippen LogP contribution >= 0.6 is 46.4 Å². The molecule has 0 aliphatic rings. The minimum atomic E-state index is -0.268. The quantitative estimate of drug-likeness (QED) is 0.303. The van der Waals surface area contributed by atoms with Crippen LogP contribution in [0.5, 0.6) is 0 Å². The third kappa shape index (κ3) is 5.11. The van der Waals surface area contributed by atoms with Crippen molar-refractivity contribution in [3.05, 3.63) is 104 Å². The van der Waals surface area contributed by atoms with Crippen LogP contribution < -0.4 is 5.32 Å². The Morgan fingerprint density at radius 2 is 1.56 bits per heavy atom. The van der Waals surface area contributed by atoms with Crippen LogP contribution in [0.25, 0.3) is 16.9 Å². The van der Waals surface area contributed by atoms with E-state index in [9.17, 15) is 4.79 Å². The number of carbonyl (C=O) groups excluding carboxylic acids is 1. The van der Waals surface area contributed by atoms with E-state index in [1.165, 1.54) is 0 Å². The number of hydrogen-bond donors (Lipinski definition) is 1. The maximum Gasteiger partial charge on any atom is 0.270 e. The second kappa shape index (κ2) is 9.97. The highest BCUT2D eigenvalue weighted by molar-refractivity contribution is 6.35. The number of aromatic nitrogens is 2. The van der Waals surface area contributed by atoms with Gasteiger partial charge in [-0.2, -0.15) is 5.10 Å². The fourth-order valence-corrected chi connectivity index (χ4v) is 4.11. The average molecular weight is 505 g/mol. The summed E-state index contributed by atoms with van der Waals surface area (Å²) in [5.41, 5.74) is 3.32. The highest BCUT2D eigenvalue weighted by atomic mass is 35.5. The molecule has 0 bridgehead atoms. The highest BCUT2D eigenvalue weighted by Crippen LogP contribution is 2.28. The molecule has 162 valence electrons. The normalized spacial score (nSPS) is 10.9. The first-order valence-corrected chi connectivity index (χ1v) is 11.3. The second-order valence-electron chi connectivity index (χ2n) is 7.02. The van der Waals surface area contributed by atoms with E-state index >= 15 is 0 Å². The molecule has 0 atom stereocenters. The highest BCUT2D eigenvalue weighted by Gasteiger charge is 2.19. The summed E-state index contributed by atoms with van der Waals surface area (Å²) in [6.07, 6.45) is 0.564. The maximum absolute atomic E-state index is 13.1. The molecule has 1 amide bonds. The second-order valence-corrected chi connectivity index (χ2v) is 8.71. The molecule has 4 aromatic rings. The van der Waals surface area contributed by atoms with Gasteiger partial charge >= 0.3 is 0 Å². The number of amides is 1. The van der Waals surface area contributed by atoms with E-state index in [4.69, 9.17) is 46.4 Å². The third-order valence-corrected chi connectivity index (χ3v) is 6.03. The van der Waals surface area contributed by atoms with Gasteiger partial charge in [0.15, 0.2) is 0 Å². The Morgan fingerprint density at radius 1 is 0.844 bits per heavy atom. The lowest BCUT2D eigenvalue weighted by molar-refractivity contribution is 0.0946. The Labute approximate surface area is 205 Å². The lowest BCUT2D eigenvalue weighted by atomic mass is 10.1. The number of halogens is 4. The zero-order valence-corrected chi connectivity index (χ0v) is 19.7. The van der Waals surface area contributed by atoms with E-state index in [0.29, 0.717) is 50.1 Å². The molecule has 4 nitrogen and oxygen atoms in total. The first-order chi connectivity index (χ1) is 15.4. The van der Waals surface area contributed by atoms with Crippen molar-refractivity contribution in [1.29, 1.82) is 0 Å². The van der Waals surface area contributed by atoms with Crippen LogP contribution in [0.4, 0.5) is 0 Å². The smallest absolute Gasteiger partial charge is 0.270 e. The number of hydrogen-bond acceptors (Lipinski definition) is 2. The van der Waals surface area contributed by atoms with Crippen LogP contribution in [0, 0.1) is 0 Å². The van der Waals surface area contributed by atoms with Crippen molar-refractivity contribution >= 4 is 52.3 Å². The fraction of sp³-hybridized carbons (Fsp3) is 0.0833. The van der Waals surface area contributed by atoms with Crippen LogP contribution in [0.1, 0.15) is 16.1 Å². The van der Waals surface area contributed by atoms with Gasteiger partial charge in [0, 0.05) is 27.2 Å². The standard InChI is InChI=1S/C24H17Cl4N3O/c25-16-7-9-18(10-8-16)31-23(14-22(30-31)19-3-1-2-4-20(19)27)24(32)29-12-11-15-5-6-17(26)13-21(15)28/h1-10,13-14H,11-12H2,(H,29,32). The Morgan fingerprint density at radius 3 is 2.28 bits per heavy atom. The predicted molar refractivity (Wildman–Crippen MR) is 132 cm³/mol. The summed E-state index contributed by atoms with van der Waals surface area (Å²) < 4.78 is 1.58. The van der Waals surface area contributed by atoms with E-state index < -0.39 is 0 Å². The van der Waals surface area contributed by atoms with Crippen molar-refractivity contribution in [3.63, 3.8) is 0 Å². The molecule has 0 spiro atoms. The lowest BCUT2D eigenvalue weighted by Gasteiger charge is -2.09. The van der Waals surface area contributed by atoms with Gasteiger partial charge in [-0.25, -0.2) is 4.68 Å². The number of rotatable bonds is 6. The Bertz CT molecular complexity index is 1270. The van der Waals surface area contributed by atoms with E-state index in [1.807, 2.05) is 24.3 Å². The molecule has 0 unspecified atom stereocenters. The van der Waals surface area contributed by atoms with Gasteiger partial charge in [-0.15, -0.1) is 0 Å². The minimum absolute atomic E-state index is 0.268. The van der Waals surface area contributed by atoms with E-state index in [2.05, 4.69) is 10.4 Å². The zero-order chi connectivity index (χ0) is 22.7. The zero-order valence-electron chi connectivity index (χ0n) is 16.7. The van der Waals surface area contributed by atoms with Crippen LogP contribution in [0.15, 0.2) is 72.8 Å². The SMILES string of the molecule is O=C(NCCc1ccc(Cl)cc1Cl)c1cc(-c2ccccc2Cl)nn1-c1ccc(Cl)cc1. The molecule has 3 aromatic carbocycles. The van der Waals surface area contributed by atoms with Crippen LogP contribution in [-0.4, -0.2) is 22.2 Å². The summed E-state index contributed by atoms with van der Waals surface area (Å²) in [6, 6.07) is 21.5. The summed E-state index contributed by atoms with van der Waals surface area (Å²) >= 11 is 24.6. The van der Waals surface area contributed by atoms with E-state index in [1.54, 1.807) is 53.2 Å². The van der Waals surface area contributed by atoms with Gasteiger partial charge in [-0.3, -0.25) is 4.79 Å². The fourth-order valence-electron chi connectivity index (χ4n) is 3.25. The van der Waals surface area contributed by atoms with Crippen molar-refractivity contribution in [3.8, 4) is 16.9 Å². The van der Waals surface area contributed by atoms with Crippen LogP contribution in [-0.2, 0) is 6.42 Å². The molecule has 0 fully saturated rings. The van der Waals surface area contributed by atoms with E-state index in [0.717, 1.165) is 11.1 Å². The number of nitrogens with zero attached hydrogens (tertiary/aromatic N) is 2. The number of nitrogens with one attached hydrogen (secondary N) is 1. The molecule has 0 saturated carbocycles. The van der Waals surface area contributed by atoms with Gasteiger partial charge in [0.25, 0.3) is 5.91 Å². The summed E-state index contributed by atoms with van der Waals surface area (Å²) in [6.45, 7) is 0.396. The molecule has 1 N–H and O–H groups in total. The molecule has 0 aliphatic carbocycles. The third-order valence-electron chi connectivity index (χ3n) is 4.86. The number of benzene rings is 3. The van der Waals surface area contributed by atoms with Crippen molar-refractivity contribution in [2.75, 3.05) is 6.54 Å². The van der Waals surface area contributed by atoms with Crippen LogP contribution in [0.3, 0.4) is 0 Å². The molecule has 1 aromatic heterocycles. The molecule has 0 saturated heterocycles. The van der Waals surface area contributed by atoms with Crippen molar-refractivity contribution < 1.29 is 4.79 Å². The molecule has 4 rings (SSSR count). The van der Waals surface area contributed by atoms with Crippen LogP contribution in [0.2, 0.25) is 20.1 Å². The molecule has 0 aliphatic heterocycles. The molecule has 32 heavy (non-hydrogen) atoms. The van der Waals surface area contributed by atoms with Gasteiger partial charge in [0.2, 0.25) is 0 Å². The van der Waals surface area contributed by atoms with Gasteiger partial charge in [0.1, 0.15) is 5.69 Å². The topological polar surface area (TPSA) is 46.9 Å². The van der Waals surface area contributed by atoms with Gasteiger partial charge < -0.3 is 5.32 Å². The summed E-state index contributed by atoms with van der Waals surface area (Å²) in [5, 5.41) is 9.87. The molecule has 8 heteroatoms. The van der Waals surface area contributed by atoms with E-state index in [-0.39, 0.29) is 5.91 Å². The maximum atomic E-state index is 13.1. The molecule has 0 radical (unpaired) electrons. The molecular formula is C24H17Cl4N3O. The Hall–Kier alpha value is -2.50. The van der Waals surface area contributed by atoms with Crippen molar-refractivity contribution in [1.82, 2.24) is 15.1 Å². The predicted octanol–water partition coefficient (Wildman–Crippen LogP) is 7.13.